The molecule has 1 aromatic rings. The Hall–Kier alpha value is -1.52. The first-order chi connectivity index (χ1) is 11.0. The first-order valence-electron chi connectivity index (χ1n) is 8.52. The van der Waals surface area contributed by atoms with Crippen LogP contribution in [0.2, 0.25) is 0 Å². The minimum atomic E-state index is -4.28. The van der Waals surface area contributed by atoms with Crippen LogP contribution >= 0.6 is 0 Å². The number of hydrogen-bond donors (Lipinski definition) is 0. The molecule has 5 aliphatic rings. The van der Waals surface area contributed by atoms with Gasteiger partial charge in [0.1, 0.15) is 5.84 Å². The summed E-state index contributed by atoms with van der Waals surface area (Å²) in [5, 5.41) is 0. The standard InChI is InChI=1S/C18H19F3N2/c19-18(20,21)14-1-2-16-13(8-14)9-23-15-6-10-3-11(7-15)5-12(4-10)17(23)22-16/h1-2,8,10-12,15H,3-7,9H2. The third kappa shape index (κ3) is 2.12. The van der Waals surface area contributed by atoms with Gasteiger partial charge in [0.2, 0.25) is 0 Å². The van der Waals surface area contributed by atoms with E-state index in [4.69, 9.17) is 4.99 Å². The maximum atomic E-state index is 13.0. The van der Waals surface area contributed by atoms with Crippen molar-refractivity contribution in [1.29, 1.82) is 0 Å². The summed E-state index contributed by atoms with van der Waals surface area (Å²) >= 11 is 0. The largest absolute Gasteiger partial charge is 0.416 e. The summed E-state index contributed by atoms with van der Waals surface area (Å²) in [6, 6.07) is 4.50. The minimum absolute atomic E-state index is 0.479. The molecule has 0 aromatic heterocycles. The Morgan fingerprint density at radius 2 is 1.74 bits per heavy atom. The highest BCUT2D eigenvalue weighted by atomic mass is 19.4. The zero-order valence-corrected chi connectivity index (χ0v) is 12.8. The number of hydrogen-bond acceptors (Lipinski definition) is 2. The molecule has 2 unspecified atom stereocenters. The van der Waals surface area contributed by atoms with Crippen LogP contribution in [0, 0.1) is 17.8 Å². The predicted molar refractivity (Wildman–Crippen MR) is 81.4 cm³/mol. The second-order valence-electron chi connectivity index (χ2n) is 7.70. The normalized spacial score (nSPS) is 34.7. The molecule has 2 nitrogen and oxygen atoms in total. The van der Waals surface area contributed by atoms with Crippen LogP contribution in [-0.2, 0) is 12.7 Å². The van der Waals surface area contributed by atoms with Crippen LogP contribution in [0.3, 0.4) is 0 Å². The highest BCUT2D eigenvalue weighted by Gasteiger charge is 2.46. The van der Waals surface area contributed by atoms with E-state index in [9.17, 15) is 13.2 Å². The highest BCUT2D eigenvalue weighted by Crippen LogP contribution is 2.50. The van der Waals surface area contributed by atoms with Crippen molar-refractivity contribution < 1.29 is 13.2 Å². The molecule has 6 rings (SSSR count). The monoisotopic (exact) mass is 320 g/mol. The molecule has 1 aromatic carbocycles. The SMILES string of the molecule is FC(F)(F)c1ccc2c(c1)CN1C(=N2)C2CC3CC(C2)CC1C3. The lowest BCUT2D eigenvalue weighted by molar-refractivity contribution is -0.137. The number of halogens is 3. The number of rotatable bonds is 0. The smallest absolute Gasteiger partial charge is 0.352 e. The Morgan fingerprint density at radius 3 is 2.43 bits per heavy atom. The van der Waals surface area contributed by atoms with Gasteiger partial charge in [0.05, 0.1) is 11.3 Å². The molecule has 23 heavy (non-hydrogen) atoms. The number of fused-ring (bicyclic) bond motifs is 1. The molecule has 2 saturated carbocycles. The molecule has 4 bridgehead atoms. The third-order valence-corrected chi connectivity index (χ3v) is 6.20. The summed E-state index contributed by atoms with van der Waals surface area (Å²) < 4.78 is 38.9. The van der Waals surface area contributed by atoms with E-state index in [1.165, 1.54) is 44.2 Å². The van der Waals surface area contributed by atoms with Gasteiger partial charge in [-0.3, -0.25) is 0 Å². The van der Waals surface area contributed by atoms with Crippen LogP contribution in [0.25, 0.3) is 0 Å². The van der Waals surface area contributed by atoms with Crippen molar-refractivity contribution in [3.05, 3.63) is 29.3 Å². The zero-order chi connectivity index (χ0) is 15.8. The highest BCUT2D eigenvalue weighted by molar-refractivity contribution is 5.90. The molecule has 122 valence electrons. The lowest BCUT2D eigenvalue weighted by Gasteiger charge is -2.39. The summed E-state index contributed by atoms with van der Waals surface area (Å²) in [7, 11) is 0. The van der Waals surface area contributed by atoms with Crippen molar-refractivity contribution in [3.8, 4) is 0 Å². The quantitative estimate of drug-likeness (QED) is 0.673. The Balaban J connectivity index is 1.58. The van der Waals surface area contributed by atoms with E-state index in [0.29, 0.717) is 18.5 Å². The fourth-order valence-corrected chi connectivity index (χ4v) is 5.37. The van der Waals surface area contributed by atoms with Crippen LogP contribution in [-0.4, -0.2) is 16.8 Å². The molecular weight excluding hydrogens is 301 g/mol. The molecule has 3 aliphatic heterocycles. The lowest BCUT2D eigenvalue weighted by atomic mass is 9.68. The Labute approximate surface area is 133 Å². The number of amidine groups is 1. The maximum Gasteiger partial charge on any atom is 0.416 e. The maximum absolute atomic E-state index is 13.0. The van der Waals surface area contributed by atoms with Crippen LogP contribution < -0.4 is 0 Å². The van der Waals surface area contributed by atoms with E-state index >= 15 is 0 Å². The van der Waals surface area contributed by atoms with Gasteiger partial charge < -0.3 is 4.90 Å². The van der Waals surface area contributed by atoms with Crippen LogP contribution in [0.5, 0.6) is 0 Å². The number of alkyl halides is 3. The Morgan fingerprint density at radius 1 is 1.00 bits per heavy atom. The van der Waals surface area contributed by atoms with Crippen LogP contribution in [0.1, 0.15) is 43.2 Å². The molecule has 0 spiro atoms. The molecule has 3 heterocycles. The lowest BCUT2D eigenvalue weighted by Crippen LogP contribution is -2.42. The van der Waals surface area contributed by atoms with Gasteiger partial charge in [0, 0.05) is 18.5 Å². The second kappa shape index (κ2) is 4.52. The van der Waals surface area contributed by atoms with Crippen LogP contribution in [0.4, 0.5) is 18.9 Å². The van der Waals surface area contributed by atoms with Gasteiger partial charge in [-0.15, -0.1) is 0 Å². The Kier molecular flexibility index (Phi) is 2.73. The van der Waals surface area contributed by atoms with Crippen molar-refractivity contribution >= 4 is 11.5 Å². The first-order valence-corrected chi connectivity index (χ1v) is 8.52. The average Bonchev–Trinajstić information content (AvgIpc) is 2.66. The number of aliphatic imine (C=N–C) groups is 1. The Bertz CT molecular complexity index is 680. The van der Waals surface area contributed by atoms with Gasteiger partial charge >= 0.3 is 6.18 Å². The summed E-state index contributed by atoms with van der Waals surface area (Å²) in [5.41, 5.74) is 0.908. The third-order valence-electron chi connectivity index (χ3n) is 6.20. The molecule has 2 saturated heterocycles. The predicted octanol–water partition coefficient (Wildman–Crippen LogP) is 4.76. The first kappa shape index (κ1) is 13.9. The summed E-state index contributed by atoms with van der Waals surface area (Å²) in [4.78, 5) is 7.16. The van der Waals surface area contributed by atoms with Gasteiger partial charge in [-0.1, -0.05) is 0 Å². The minimum Gasteiger partial charge on any atom is -0.352 e. The van der Waals surface area contributed by atoms with Gasteiger partial charge in [0.15, 0.2) is 0 Å². The molecule has 2 atom stereocenters. The summed E-state index contributed by atoms with van der Waals surface area (Å²) in [6.07, 6.45) is 1.89. The molecular formula is C18H19F3N2. The zero-order valence-electron chi connectivity index (χ0n) is 12.8. The molecule has 0 amide bonds. The van der Waals surface area contributed by atoms with Gasteiger partial charge in [0.25, 0.3) is 0 Å². The number of benzene rings is 1. The molecule has 5 heteroatoms. The average molecular weight is 320 g/mol. The molecule has 0 radical (unpaired) electrons. The fourth-order valence-electron chi connectivity index (χ4n) is 5.37. The van der Waals surface area contributed by atoms with E-state index < -0.39 is 11.7 Å². The van der Waals surface area contributed by atoms with Crippen molar-refractivity contribution in [2.45, 2.75) is 50.9 Å². The van der Waals surface area contributed by atoms with Gasteiger partial charge in [-0.05, 0) is 67.7 Å². The van der Waals surface area contributed by atoms with E-state index in [1.807, 2.05) is 0 Å². The van der Waals surface area contributed by atoms with Crippen molar-refractivity contribution in [3.63, 3.8) is 0 Å². The topological polar surface area (TPSA) is 15.6 Å². The van der Waals surface area contributed by atoms with Crippen molar-refractivity contribution in [1.82, 2.24) is 4.90 Å². The summed E-state index contributed by atoms with van der Waals surface area (Å²) in [6.45, 7) is 0.596. The van der Waals surface area contributed by atoms with E-state index in [1.54, 1.807) is 6.07 Å². The van der Waals surface area contributed by atoms with E-state index in [0.717, 1.165) is 28.9 Å². The second-order valence-corrected chi connectivity index (χ2v) is 7.70. The van der Waals surface area contributed by atoms with Gasteiger partial charge in [-0.25, -0.2) is 4.99 Å². The fraction of sp³-hybridized carbons (Fsp3) is 0.611. The van der Waals surface area contributed by atoms with Gasteiger partial charge in [-0.2, -0.15) is 13.2 Å². The van der Waals surface area contributed by atoms with Crippen molar-refractivity contribution in [2.75, 3.05) is 0 Å². The molecule has 2 aliphatic carbocycles. The van der Waals surface area contributed by atoms with E-state index in [2.05, 4.69) is 4.90 Å². The van der Waals surface area contributed by atoms with Crippen LogP contribution in [0.15, 0.2) is 23.2 Å². The van der Waals surface area contributed by atoms with Crippen molar-refractivity contribution in [2.24, 2.45) is 22.7 Å². The molecule has 4 fully saturated rings. The summed E-state index contributed by atoms with van der Waals surface area (Å²) in [5.74, 6) is 3.26. The van der Waals surface area contributed by atoms with E-state index in [-0.39, 0.29) is 0 Å². The number of nitrogens with zero attached hydrogens (tertiary/aromatic N) is 2. The molecule has 0 N–H and O–H groups in total.